The number of halogens is 2. The maximum Gasteiger partial charge on any atom is 0.252 e. The first-order chi connectivity index (χ1) is 15.1. The second kappa shape index (κ2) is 10.1. The van der Waals surface area contributed by atoms with Crippen molar-refractivity contribution in [1.29, 1.82) is 0 Å². The first-order valence-corrected chi connectivity index (χ1v) is 10.8. The van der Waals surface area contributed by atoms with E-state index in [1.54, 1.807) is 0 Å². The molecule has 11 heteroatoms. The van der Waals surface area contributed by atoms with Crippen molar-refractivity contribution in [3.05, 3.63) is 64.7 Å². The Bertz CT molecular complexity index is 1050. The number of carbonyl (C=O) groups excluding carboxylic acids is 3. The van der Waals surface area contributed by atoms with Crippen molar-refractivity contribution in [2.45, 2.75) is 31.6 Å². The maximum atomic E-state index is 13.3. The first kappa shape index (κ1) is 23.6. The Balaban J connectivity index is 1.52. The molecule has 32 heavy (non-hydrogen) atoms. The van der Waals surface area contributed by atoms with Gasteiger partial charge in [-0.1, -0.05) is 12.1 Å². The van der Waals surface area contributed by atoms with Gasteiger partial charge in [-0.2, -0.15) is 0 Å². The smallest absolute Gasteiger partial charge is 0.252 e. The number of benzene rings is 2. The van der Waals surface area contributed by atoms with Crippen molar-refractivity contribution >= 4 is 35.2 Å². The van der Waals surface area contributed by atoms with Gasteiger partial charge < -0.3 is 21.7 Å². The highest BCUT2D eigenvalue weighted by Crippen LogP contribution is 2.18. The summed E-state index contributed by atoms with van der Waals surface area (Å²) in [5.74, 6) is -3.81. The molecular weight excluding hydrogens is 440 g/mol. The standard InChI is InChI=1S/C21H23F2N5O3S/c1-10-3-4-11(2)15(7-10)25-16(29)9-32-21-27-18(24)17(20(31)28-21)26-19(30)12-5-6-13(22)14(23)8-12/h3-8,17-18,21,27H,9,24H2,1-2H3,(H,25,29)(H,26,30)(H,28,31). The normalized spacial score (nSPS) is 20.4. The van der Waals surface area contributed by atoms with Gasteiger partial charge in [-0.3, -0.25) is 19.7 Å². The van der Waals surface area contributed by atoms with E-state index in [1.807, 2.05) is 32.0 Å². The molecule has 170 valence electrons. The van der Waals surface area contributed by atoms with E-state index in [4.69, 9.17) is 5.73 Å². The number of thioether (sulfide) groups is 1. The number of carbonyl (C=O) groups is 3. The number of nitrogens with two attached hydrogens (primary N) is 1. The molecule has 1 fully saturated rings. The molecule has 3 atom stereocenters. The van der Waals surface area contributed by atoms with Crippen LogP contribution in [-0.2, 0) is 9.59 Å². The van der Waals surface area contributed by atoms with Crippen LogP contribution < -0.4 is 27.0 Å². The molecule has 6 N–H and O–H groups in total. The molecule has 3 amide bonds. The van der Waals surface area contributed by atoms with Gasteiger partial charge in [-0.05, 0) is 49.2 Å². The largest absolute Gasteiger partial charge is 0.338 e. The number of rotatable bonds is 6. The van der Waals surface area contributed by atoms with Crippen molar-refractivity contribution in [3.8, 4) is 0 Å². The van der Waals surface area contributed by atoms with Gasteiger partial charge in [0.1, 0.15) is 11.5 Å². The Morgan fingerprint density at radius 3 is 2.56 bits per heavy atom. The molecule has 1 aliphatic heterocycles. The van der Waals surface area contributed by atoms with E-state index < -0.39 is 41.2 Å². The Morgan fingerprint density at radius 2 is 1.88 bits per heavy atom. The minimum atomic E-state index is -1.18. The molecule has 1 aliphatic rings. The molecule has 0 spiro atoms. The predicted molar refractivity (Wildman–Crippen MR) is 118 cm³/mol. The van der Waals surface area contributed by atoms with Gasteiger partial charge >= 0.3 is 0 Å². The van der Waals surface area contributed by atoms with Crippen LogP contribution in [-0.4, -0.2) is 41.2 Å². The molecule has 0 radical (unpaired) electrons. The fraction of sp³-hybridized carbons (Fsp3) is 0.286. The van der Waals surface area contributed by atoms with Gasteiger partial charge in [-0.15, -0.1) is 11.8 Å². The average molecular weight is 464 g/mol. The number of hydrogen-bond acceptors (Lipinski definition) is 6. The predicted octanol–water partition coefficient (Wildman–Crippen LogP) is 1.34. The first-order valence-electron chi connectivity index (χ1n) is 9.70. The Labute approximate surface area is 187 Å². The molecule has 0 saturated carbocycles. The van der Waals surface area contributed by atoms with Gasteiger partial charge in [0.05, 0.1) is 11.9 Å². The number of nitrogens with one attached hydrogen (secondary N) is 4. The van der Waals surface area contributed by atoms with E-state index in [1.165, 1.54) is 0 Å². The van der Waals surface area contributed by atoms with Crippen LogP contribution in [0.1, 0.15) is 21.5 Å². The lowest BCUT2D eigenvalue weighted by atomic mass is 10.1. The number of hydrogen-bond donors (Lipinski definition) is 5. The fourth-order valence-electron chi connectivity index (χ4n) is 3.02. The van der Waals surface area contributed by atoms with Gasteiger partial charge in [-0.25, -0.2) is 8.78 Å². The van der Waals surface area contributed by atoms with E-state index in [2.05, 4.69) is 21.3 Å². The summed E-state index contributed by atoms with van der Waals surface area (Å²) in [6.07, 6.45) is -0.961. The summed E-state index contributed by atoms with van der Waals surface area (Å²) < 4.78 is 26.4. The SMILES string of the molecule is Cc1ccc(C)c(NC(=O)CSC2NC(=O)C(NC(=O)c3ccc(F)c(F)c3)C(N)N2)c1. The van der Waals surface area contributed by atoms with Crippen molar-refractivity contribution in [3.63, 3.8) is 0 Å². The summed E-state index contributed by atoms with van der Waals surface area (Å²) in [4.78, 5) is 37.0. The average Bonchev–Trinajstić information content (AvgIpc) is 2.73. The van der Waals surface area contributed by atoms with Gasteiger partial charge in [0.25, 0.3) is 5.91 Å². The molecule has 0 aliphatic carbocycles. The molecule has 2 aromatic carbocycles. The van der Waals surface area contributed by atoms with Crippen LogP contribution in [0.15, 0.2) is 36.4 Å². The van der Waals surface area contributed by atoms with Crippen LogP contribution in [0.5, 0.6) is 0 Å². The highest BCUT2D eigenvalue weighted by molar-refractivity contribution is 8.00. The monoisotopic (exact) mass is 463 g/mol. The van der Waals surface area contributed by atoms with Crippen molar-refractivity contribution in [1.82, 2.24) is 16.0 Å². The molecule has 1 heterocycles. The Kier molecular flexibility index (Phi) is 7.44. The number of anilines is 1. The highest BCUT2D eigenvalue weighted by atomic mass is 32.2. The lowest BCUT2D eigenvalue weighted by Crippen LogP contribution is -2.70. The zero-order valence-corrected chi connectivity index (χ0v) is 18.2. The topological polar surface area (TPSA) is 125 Å². The molecule has 3 rings (SSSR count). The van der Waals surface area contributed by atoms with Crippen LogP contribution in [0, 0.1) is 25.5 Å². The fourth-order valence-corrected chi connectivity index (χ4v) is 3.86. The lowest BCUT2D eigenvalue weighted by molar-refractivity contribution is -0.125. The van der Waals surface area contributed by atoms with Crippen LogP contribution in [0.4, 0.5) is 14.5 Å². The second-order valence-corrected chi connectivity index (χ2v) is 8.43. The molecule has 2 aromatic rings. The van der Waals surface area contributed by atoms with Crippen molar-refractivity contribution in [2.75, 3.05) is 11.1 Å². The number of aryl methyl sites for hydroxylation is 2. The molecule has 1 saturated heterocycles. The highest BCUT2D eigenvalue weighted by Gasteiger charge is 2.35. The Hall–Kier alpha value is -3.02. The number of amides is 3. The van der Waals surface area contributed by atoms with Crippen LogP contribution in [0.2, 0.25) is 0 Å². The second-order valence-electron chi connectivity index (χ2n) is 7.34. The Morgan fingerprint density at radius 1 is 1.12 bits per heavy atom. The third kappa shape index (κ3) is 5.81. The minimum Gasteiger partial charge on any atom is -0.338 e. The van der Waals surface area contributed by atoms with Gasteiger partial charge in [0.2, 0.25) is 11.8 Å². The molecule has 0 aromatic heterocycles. The summed E-state index contributed by atoms with van der Waals surface area (Å²) in [6, 6.07) is 7.24. The van der Waals surface area contributed by atoms with Crippen molar-refractivity contribution < 1.29 is 23.2 Å². The third-order valence-electron chi connectivity index (χ3n) is 4.78. The summed E-state index contributed by atoms with van der Waals surface area (Å²) in [6.45, 7) is 3.81. The van der Waals surface area contributed by atoms with Crippen LogP contribution in [0.3, 0.4) is 0 Å². The zero-order chi connectivity index (χ0) is 23.4. The lowest BCUT2D eigenvalue weighted by Gasteiger charge is -2.35. The van der Waals surface area contributed by atoms with Gasteiger partial charge in [0.15, 0.2) is 11.6 Å². The van der Waals surface area contributed by atoms with Crippen LogP contribution >= 0.6 is 11.8 Å². The summed E-state index contributed by atoms with van der Waals surface area (Å²) in [5.41, 5.74) is 7.83. The maximum absolute atomic E-state index is 13.3. The quantitative estimate of drug-likeness (QED) is 0.440. The molecule has 0 bridgehead atoms. The van der Waals surface area contributed by atoms with E-state index in [0.29, 0.717) is 5.69 Å². The molecule has 3 unspecified atom stereocenters. The van der Waals surface area contributed by atoms with E-state index >= 15 is 0 Å². The summed E-state index contributed by atoms with van der Waals surface area (Å²) in [5, 5.41) is 10.7. The van der Waals surface area contributed by atoms with E-state index in [0.717, 1.165) is 41.1 Å². The van der Waals surface area contributed by atoms with Gasteiger partial charge in [0, 0.05) is 11.3 Å². The minimum absolute atomic E-state index is 0.0456. The summed E-state index contributed by atoms with van der Waals surface area (Å²) >= 11 is 1.12. The third-order valence-corrected chi connectivity index (χ3v) is 5.79. The van der Waals surface area contributed by atoms with E-state index in [-0.39, 0.29) is 17.2 Å². The van der Waals surface area contributed by atoms with Crippen molar-refractivity contribution in [2.24, 2.45) is 5.73 Å². The summed E-state index contributed by atoms with van der Waals surface area (Å²) in [7, 11) is 0. The molecule has 8 nitrogen and oxygen atoms in total. The van der Waals surface area contributed by atoms with Crippen LogP contribution in [0.25, 0.3) is 0 Å². The van der Waals surface area contributed by atoms with E-state index in [9.17, 15) is 23.2 Å². The molecular formula is C21H23F2N5O3S. The zero-order valence-electron chi connectivity index (χ0n) is 17.4.